The van der Waals surface area contributed by atoms with Crippen LogP contribution in [0.1, 0.15) is 11.1 Å². The molecule has 7 heteroatoms. The zero-order chi connectivity index (χ0) is 14.7. The van der Waals surface area contributed by atoms with Crippen molar-refractivity contribution in [3.8, 4) is 17.7 Å². The van der Waals surface area contributed by atoms with Crippen molar-refractivity contribution >= 4 is 17.3 Å². The Morgan fingerprint density at radius 2 is 2.15 bits per heavy atom. The summed E-state index contributed by atoms with van der Waals surface area (Å²) in [5, 5.41) is 19.9. The van der Waals surface area contributed by atoms with Gasteiger partial charge in [0.2, 0.25) is 11.6 Å². The van der Waals surface area contributed by atoms with Crippen molar-refractivity contribution < 1.29 is 9.66 Å². The van der Waals surface area contributed by atoms with Gasteiger partial charge in [0.25, 0.3) is 0 Å². The van der Waals surface area contributed by atoms with Gasteiger partial charge in [-0.1, -0.05) is 17.7 Å². The molecule has 0 aliphatic rings. The van der Waals surface area contributed by atoms with E-state index in [1.165, 1.54) is 24.3 Å². The molecule has 0 unspecified atom stereocenters. The summed E-state index contributed by atoms with van der Waals surface area (Å²) in [6.07, 6.45) is 0. The summed E-state index contributed by atoms with van der Waals surface area (Å²) >= 11 is 5.75. The van der Waals surface area contributed by atoms with Crippen molar-refractivity contribution in [1.82, 2.24) is 4.98 Å². The van der Waals surface area contributed by atoms with E-state index >= 15 is 0 Å². The fourth-order valence-corrected chi connectivity index (χ4v) is 1.76. The molecule has 20 heavy (non-hydrogen) atoms. The Labute approximate surface area is 119 Å². The topological polar surface area (TPSA) is 89.0 Å². The van der Waals surface area contributed by atoms with Crippen LogP contribution in [0.2, 0.25) is 5.15 Å². The van der Waals surface area contributed by atoms with Crippen LogP contribution >= 0.6 is 11.6 Å². The molecule has 2 rings (SSSR count). The fourth-order valence-electron chi connectivity index (χ4n) is 1.56. The molecule has 2 aromatic rings. The quantitative estimate of drug-likeness (QED) is 0.489. The number of ether oxygens (including phenoxy) is 1. The van der Waals surface area contributed by atoms with E-state index in [4.69, 9.17) is 21.6 Å². The predicted molar refractivity (Wildman–Crippen MR) is 71.9 cm³/mol. The van der Waals surface area contributed by atoms with Gasteiger partial charge in [0, 0.05) is 12.1 Å². The summed E-state index contributed by atoms with van der Waals surface area (Å²) < 4.78 is 5.36. The molecule has 0 aliphatic heterocycles. The van der Waals surface area contributed by atoms with Crippen LogP contribution in [-0.4, -0.2) is 9.91 Å². The lowest BCUT2D eigenvalue weighted by molar-refractivity contribution is -0.385. The van der Waals surface area contributed by atoms with E-state index in [-0.39, 0.29) is 28.0 Å². The first kappa shape index (κ1) is 13.8. The summed E-state index contributed by atoms with van der Waals surface area (Å²) in [6.45, 7) is 1.74. The Hall–Kier alpha value is -2.65. The van der Waals surface area contributed by atoms with Crippen LogP contribution in [0.4, 0.5) is 5.69 Å². The second-order valence-electron chi connectivity index (χ2n) is 3.96. The first-order valence-electron chi connectivity index (χ1n) is 5.50. The van der Waals surface area contributed by atoms with Gasteiger partial charge in [0.15, 0.2) is 0 Å². The number of aromatic nitrogens is 1. The highest BCUT2D eigenvalue weighted by molar-refractivity contribution is 6.29. The lowest BCUT2D eigenvalue weighted by Crippen LogP contribution is -1.96. The van der Waals surface area contributed by atoms with Crippen LogP contribution in [0.25, 0.3) is 0 Å². The van der Waals surface area contributed by atoms with E-state index in [1.54, 1.807) is 13.0 Å². The van der Waals surface area contributed by atoms with Crippen LogP contribution in [0.3, 0.4) is 0 Å². The maximum absolute atomic E-state index is 11.0. The molecule has 0 aliphatic carbocycles. The molecule has 0 saturated carbocycles. The molecule has 0 spiro atoms. The second kappa shape index (κ2) is 5.55. The smallest absolute Gasteiger partial charge is 0.311 e. The molecule has 0 amide bonds. The third-order valence-electron chi connectivity index (χ3n) is 2.43. The molecule has 0 atom stereocenters. The van der Waals surface area contributed by atoms with Crippen molar-refractivity contribution in [2.45, 2.75) is 6.92 Å². The zero-order valence-electron chi connectivity index (χ0n) is 10.3. The minimum atomic E-state index is -0.544. The first-order chi connectivity index (χ1) is 9.49. The van der Waals surface area contributed by atoms with Crippen molar-refractivity contribution in [3.63, 3.8) is 0 Å². The zero-order valence-corrected chi connectivity index (χ0v) is 11.1. The van der Waals surface area contributed by atoms with Gasteiger partial charge in [-0.25, -0.2) is 4.98 Å². The maximum Gasteiger partial charge on any atom is 0.311 e. The number of pyridine rings is 1. The number of rotatable bonds is 3. The Morgan fingerprint density at radius 3 is 2.80 bits per heavy atom. The molecular weight excluding hydrogens is 282 g/mol. The molecule has 0 fully saturated rings. The normalized spacial score (nSPS) is 9.85. The second-order valence-corrected chi connectivity index (χ2v) is 4.35. The molecule has 0 saturated heterocycles. The number of hydrogen-bond donors (Lipinski definition) is 0. The number of benzene rings is 1. The predicted octanol–water partition coefficient (Wildman–Crippen LogP) is 3.62. The van der Waals surface area contributed by atoms with Gasteiger partial charge < -0.3 is 4.74 Å². The third kappa shape index (κ3) is 3.02. The van der Waals surface area contributed by atoms with E-state index in [0.717, 1.165) is 5.56 Å². The number of nitro benzene ring substituents is 1. The Balaban J connectivity index is 2.42. The van der Waals surface area contributed by atoms with Crippen LogP contribution < -0.4 is 4.74 Å². The first-order valence-corrected chi connectivity index (χ1v) is 5.88. The molecule has 1 aromatic heterocycles. The minimum absolute atomic E-state index is 0.0287. The van der Waals surface area contributed by atoms with Gasteiger partial charge in [-0.05, 0) is 24.6 Å². The summed E-state index contributed by atoms with van der Waals surface area (Å²) in [5.41, 5.74) is 0.820. The lowest BCUT2D eigenvalue weighted by Gasteiger charge is -2.06. The fraction of sp³-hybridized carbons (Fsp3) is 0.0769. The maximum atomic E-state index is 11.0. The average Bonchev–Trinajstić information content (AvgIpc) is 2.40. The van der Waals surface area contributed by atoms with Crippen molar-refractivity contribution in [2.75, 3.05) is 0 Å². The summed E-state index contributed by atoms with van der Waals surface area (Å²) in [5.74, 6) is 0.0697. The van der Waals surface area contributed by atoms with E-state index in [2.05, 4.69) is 4.98 Å². The van der Waals surface area contributed by atoms with Gasteiger partial charge in [-0.3, -0.25) is 10.1 Å². The van der Waals surface area contributed by atoms with Crippen LogP contribution in [-0.2, 0) is 0 Å². The van der Waals surface area contributed by atoms with Crippen molar-refractivity contribution in [3.05, 3.63) is 56.7 Å². The number of aryl methyl sites for hydroxylation is 1. The minimum Gasteiger partial charge on any atom is -0.432 e. The molecular formula is C13H8ClN3O3. The van der Waals surface area contributed by atoms with Crippen LogP contribution in [0, 0.1) is 28.4 Å². The Kier molecular flexibility index (Phi) is 3.82. The Morgan fingerprint density at radius 1 is 1.40 bits per heavy atom. The van der Waals surface area contributed by atoms with Crippen LogP contribution in [0.15, 0.2) is 30.3 Å². The standard InChI is InChI=1S/C13H8ClN3O3/c1-8-2-3-11(10(4-8)17(18)19)20-13-6-9(7-15)5-12(14)16-13/h2-6H,1H3. The number of halogens is 1. The number of hydrogen-bond acceptors (Lipinski definition) is 5. The van der Waals surface area contributed by atoms with Gasteiger partial charge >= 0.3 is 5.69 Å². The van der Waals surface area contributed by atoms with Gasteiger partial charge in [0.05, 0.1) is 16.6 Å². The molecule has 0 N–H and O–H groups in total. The Bertz CT molecular complexity index is 725. The molecule has 100 valence electrons. The largest absolute Gasteiger partial charge is 0.432 e. The number of nitro groups is 1. The summed E-state index contributed by atoms with van der Waals surface area (Å²) in [7, 11) is 0. The highest BCUT2D eigenvalue weighted by Crippen LogP contribution is 2.32. The SMILES string of the molecule is Cc1ccc(Oc2cc(C#N)cc(Cl)n2)c([N+](=O)[O-])c1. The van der Waals surface area contributed by atoms with Crippen molar-refractivity contribution in [2.24, 2.45) is 0 Å². The highest BCUT2D eigenvalue weighted by atomic mass is 35.5. The molecule has 6 nitrogen and oxygen atoms in total. The summed E-state index contributed by atoms with van der Waals surface area (Å²) in [6, 6.07) is 9.18. The van der Waals surface area contributed by atoms with E-state index < -0.39 is 4.92 Å². The van der Waals surface area contributed by atoms with Gasteiger partial charge in [-0.2, -0.15) is 5.26 Å². The molecule has 0 radical (unpaired) electrons. The molecule has 0 bridgehead atoms. The van der Waals surface area contributed by atoms with Crippen molar-refractivity contribution in [1.29, 1.82) is 5.26 Å². The molecule has 1 aromatic carbocycles. The number of nitrogens with zero attached hydrogens (tertiary/aromatic N) is 3. The number of nitriles is 1. The third-order valence-corrected chi connectivity index (χ3v) is 2.62. The van der Waals surface area contributed by atoms with E-state index in [0.29, 0.717) is 0 Å². The van der Waals surface area contributed by atoms with Gasteiger partial charge in [-0.15, -0.1) is 0 Å². The van der Waals surface area contributed by atoms with Gasteiger partial charge in [0.1, 0.15) is 5.15 Å². The average molecular weight is 290 g/mol. The lowest BCUT2D eigenvalue weighted by atomic mass is 10.2. The highest BCUT2D eigenvalue weighted by Gasteiger charge is 2.16. The van der Waals surface area contributed by atoms with E-state index in [1.807, 2.05) is 6.07 Å². The van der Waals surface area contributed by atoms with E-state index in [9.17, 15) is 10.1 Å². The molecule has 1 heterocycles. The monoisotopic (exact) mass is 289 g/mol. The summed E-state index contributed by atoms with van der Waals surface area (Å²) in [4.78, 5) is 14.3. The van der Waals surface area contributed by atoms with Crippen LogP contribution in [0.5, 0.6) is 11.6 Å².